The number of Topliss-reactive ketones (excluding diaryl/α,β-unsaturated/α-hetero) is 1. The Balaban J connectivity index is 2.13. The van der Waals surface area contributed by atoms with Gasteiger partial charge >= 0.3 is 12.1 Å². The molecular formula is C19H17F3N2O5. The van der Waals surface area contributed by atoms with Crippen molar-refractivity contribution in [3.8, 4) is 5.75 Å². The van der Waals surface area contributed by atoms with E-state index >= 15 is 0 Å². The summed E-state index contributed by atoms with van der Waals surface area (Å²) >= 11 is 0. The highest BCUT2D eigenvalue weighted by Crippen LogP contribution is 2.35. The molecule has 0 bridgehead atoms. The van der Waals surface area contributed by atoms with Gasteiger partial charge in [0.05, 0.1) is 10.5 Å². The van der Waals surface area contributed by atoms with Gasteiger partial charge in [-0.1, -0.05) is 6.92 Å². The monoisotopic (exact) mass is 410 g/mol. The molecule has 0 amide bonds. The highest BCUT2D eigenvalue weighted by molar-refractivity contribution is 5.96. The largest absolute Gasteiger partial charge is 0.425 e. The van der Waals surface area contributed by atoms with E-state index in [2.05, 4.69) is 5.32 Å². The summed E-state index contributed by atoms with van der Waals surface area (Å²) in [6.07, 6.45) is -4.41. The first kappa shape index (κ1) is 21.9. The second-order valence-corrected chi connectivity index (χ2v) is 6.08. The van der Waals surface area contributed by atoms with Crippen molar-refractivity contribution in [1.29, 1.82) is 0 Å². The van der Waals surface area contributed by atoms with Crippen LogP contribution in [0.25, 0.3) is 0 Å². The number of anilines is 1. The van der Waals surface area contributed by atoms with Crippen molar-refractivity contribution in [2.24, 2.45) is 0 Å². The Hall–Kier alpha value is -3.43. The van der Waals surface area contributed by atoms with Crippen molar-refractivity contribution < 1.29 is 32.4 Å². The lowest BCUT2D eigenvalue weighted by Gasteiger charge is -2.15. The molecule has 0 heterocycles. The average molecular weight is 410 g/mol. The molecule has 0 fully saturated rings. The Kier molecular flexibility index (Phi) is 6.57. The topological polar surface area (TPSA) is 98.5 Å². The molecule has 0 spiro atoms. The lowest BCUT2D eigenvalue weighted by molar-refractivity contribution is -0.384. The quantitative estimate of drug-likeness (QED) is 0.235. The zero-order valence-electron chi connectivity index (χ0n) is 15.4. The van der Waals surface area contributed by atoms with Crippen LogP contribution < -0.4 is 10.1 Å². The second kappa shape index (κ2) is 8.72. The minimum absolute atomic E-state index is 0.0764. The van der Waals surface area contributed by atoms with E-state index in [0.717, 1.165) is 6.07 Å². The van der Waals surface area contributed by atoms with Crippen LogP contribution in [0.15, 0.2) is 42.5 Å². The number of ketones is 1. The summed E-state index contributed by atoms with van der Waals surface area (Å²) in [7, 11) is 0. The molecule has 154 valence electrons. The molecule has 29 heavy (non-hydrogen) atoms. The minimum Gasteiger partial charge on any atom is -0.425 e. The van der Waals surface area contributed by atoms with Crippen LogP contribution in [-0.2, 0) is 11.0 Å². The van der Waals surface area contributed by atoms with Crippen LogP contribution in [-0.4, -0.2) is 22.7 Å². The van der Waals surface area contributed by atoms with Crippen molar-refractivity contribution in [2.45, 2.75) is 32.5 Å². The Morgan fingerprint density at radius 2 is 1.79 bits per heavy atom. The van der Waals surface area contributed by atoms with Crippen LogP contribution in [0.2, 0.25) is 0 Å². The third-order valence-electron chi connectivity index (χ3n) is 3.96. The lowest BCUT2D eigenvalue weighted by Crippen LogP contribution is -2.30. The van der Waals surface area contributed by atoms with Gasteiger partial charge in [0.2, 0.25) is 0 Å². The van der Waals surface area contributed by atoms with Crippen molar-refractivity contribution in [2.75, 3.05) is 5.32 Å². The normalized spacial score (nSPS) is 12.2. The molecule has 10 heteroatoms. The molecule has 0 saturated heterocycles. The highest BCUT2D eigenvalue weighted by Gasteiger charge is 2.33. The van der Waals surface area contributed by atoms with Gasteiger partial charge in [-0.15, -0.1) is 0 Å². The van der Waals surface area contributed by atoms with E-state index in [4.69, 9.17) is 4.74 Å². The molecule has 2 rings (SSSR count). The van der Waals surface area contributed by atoms with Gasteiger partial charge in [-0.05, 0) is 43.3 Å². The minimum atomic E-state index is -4.74. The Morgan fingerprint density at radius 1 is 1.17 bits per heavy atom. The number of esters is 1. The number of carbonyl (C=O) groups is 2. The highest BCUT2D eigenvalue weighted by atomic mass is 19.4. The molecule has 0 aliphatic carbocycles. The van der Waals surface area contributed by atoms with Crippen LogP contribution in [0.5, 0.6) is 5.75 Å². The summed E-state index contributed by atoms with van der Waals surface area (Å²) in [5, 5.41) is 13.6. The number of rotatable bonds is 7. The van der Waals surface area contributed by atoms with Crippen LogP contribution in [0.1, 0.15) is 36.2 Å². The number of ether oxygens (including phenoxy) is 1. The van der Waals surface area contributed by atoms with Crippen LogP contribution in [0.4, 0.5) is 24.5 Å². The molecule has 2 aromatic rings. The molecule has 0 aliphatic heterocycles. The number of halogens is 3. The fourth-order valence-electron chi connectivity index (χ4n) is 2.39. The van der Waals surface area contributed by atoms with E-state index in [9.17, 15) is 32.9 Å². The number of carbonyl (C=O) groups excluding carboxylic acids is 2. The number of hydrogen-bond acceptors (Lipinski definition) is 6. The third-order valence-corrected chi connectivity index (χ3v) is 3.96. The summed E-state index contributed by atoms with van der Waals surface area (Å²) in [5.74, 6) is -0.737. The molecule has 1 N–H and O–H groups in total. The predicted molar refractivity (Wildman–Crippen MR) is 97.9 cm³/mol. The first-order valence-electron chi connectivity index (χ1n) is 8.50. The number of nitro benzene ring substituents is 1. The van der Waals surface area contributed by atoms with Gasteiger partial charge in [-0.2, -0.15) is 13.2 Å². The molecule has 0 aromatic heterocycles. The predicted octanol–water partition coefficient (Wildman–Crippen LogP) is 4.61. The molecule has 0 radical (unpaired) electrons. The van der Waals surface area contributed by atoms with Gasteiger partial charge in [-0.3, -0.25) is 14.9 Å². The second-order valence-electron chi connectivity index (χ2n) is 6.08. The zero-order chi connectivity index (χ0) is 21.8. The fraction of sp³-hybridized carbons (Fsp3) is 0.263. The van der Waals surface area contributed by atoms with Crippen LogP contribution in [0, 0.1) is 10.1 Å². The first-order valence-corrected chi connectivity index (χ1v) is 8.50. The summed E-state index contributed by atoms with van der Waals surface area (Å²) in [6, 6.07) is 6.70. The molecule has 2 aromatic carbocycles. The third kappa shape index (κ3) is 5.53. The van der Waals surface area contributed by atoms with E-state index in [1.165, 1.54) is 31.2 Å². The van der Waals surface area contributed by atoms with Crippen molar-refractivity contribution in [1.82, 2.24) is 0 Å². The first-order chi connectivity index (χ1) is 13.5. The lowest BCUT2D eigenvalue weighted by atomic mass is 10.1. The van der Waals surface area contributed by atoms with E-state index in [1.54, 1.807) is 6.92 Å². The Bertz CT molecular complexity index is 926. The van der Waals surface area contributed by atoms with Crippen LogP contribution in [0.3, 0.4) is 0 Å². The standard InChI is InChI=1S/C19H17F3N2O5/c1-3-17(25)12-4-7-14(8-5-12)29-18(26)11(2)23-15-9-6-13(19(20,21)22)10-16(15)24(27)28/h4-11,23H,3H2,1-2H3/t11-/m0/s1. The molecule has 0 aliphatic rings. The number of benzene rings is 2. The maximum Gasteiger partial charge on any atom is 0.416 e. The van der Waals surface area contributed by atoms with Gasteiger partial charge in [0.15, 0.2) is 5.78 Å². The van der Waals surface area contributed by atoms with Gasteiger partial charge in [0.1, 0.15) is 17.5 Å². The van der Waals surface area contributed by atoms with E-state index in [-0.39, 0.29) is 17.2 Å². The Morgan fingerprint density at radius 3 is 2.31 bits per heavy atom. The van der Waals surface area contributed by atoms with Crippen molar-refractivity contribution in [3.05, 3.63) is 63.7 Å². The smallest absolute Gasteiger partial charge is 0.416 e. The van der Waals surface area contributed by atoms with Gasteiger partial charge in [0, 0.05) is 18.1 Å². The number of nitrogens with one attached hydrogen (secondary N) is 1. The summed E-state index contributed by atoms with van der Waals surface area (Å²) in [6.45, 7) is 3.06. The van der Waals surface area contributed by atoms with Gasteiger partial charge < -0.3 is 10.1 Å². The van der Waals surface area contributed by atoms with Crippen molar-refractivity contribution >= 4 is 23.1 Å². The van der Waals surface area contributed by atoms with Gasteiger partial charge in [-0.25, -0.2) is 4.79 Å². The molecule has 0 unspecified atom stereocenters. The maximum absolute atomic E-state index is 12.8. The summed E-state index contributed by atoms with van der Waals surface area (Å²) in [4.78, 5) is 33.9. The molecular weight excluding hydrogens is 393 g/mol. The van der Waals surface area contributed by atoms with E-state index < -0.39 is 34.4 Å². The summed E-state index contributed by atoms with van der Waals surface area (Å²) in [5.41, 5.74) is -1.79. The maximum atomic E-state index is 12.8. The average Bonchev–Trinajstić information content (AvgIpc) is 2.67. The summed E-state index contributed by atoms with van der Waals surface area (Å²) < 4.78 is 43.4. The van der Waals surface area contributed by atoms with E-state index in [1.807, 2.05) is 0 Å². The molecule has 0 saturated carbocycles. The molecule has 1 atom stereocenters. The number of nitro groups is 1. The van der Waals surface area contributed by atoms with Gasteiger partial charge in [0.25, 0.3) is 5.69 Å². The molecule has 7 nitrogen and oxygen atoms in total. The SMILES string of the molecule is CCC(=O)c1ccc(OC(=O)[C@H](C)Nc2ccc(C(F)(F)F)cc2[N+](=O)[O-])cc1. The Labute approximate surface area is 163 Å². The number of nitrogens with zero attached hydrogens (tertiary/aromatic N) is 1. The number of hydrogen-bond donors (Lipinski definition) is 1. The van der Waals surface area contributed by atoms with Crippen LogP contribution >= 0.6 is 0 Å². The number of alkyl halides is 3. The zero-order valence-corrected chi connectivity index (χ0v) is 15.4. The van der Waals surface area contributed by atoms with E-state index in [0.29, 0.717) is 24.1 Å². The fourth-order valence-corrected chi connectivity index (χ4v) is 2.39. The van der Waals surface area contributed by atoms with Crippen molar-refractivity contribution in [3.63, 3.8) is 0 Å².